The molecule has 0 N–H and O–H groups in total. The number of furan rings is 1. The van der Waals surface area contributed by atoms with E-state index in [9.17, 15) is 0 Å². The van der Waals surface area contributed by atoms with Crippen molar-refractivity contribution in [2.24, 2.45) is 0 Å². The van der Waals surface area contributed by atoms with Gasteiger partial charge in [-0.2, -0.15) is 0 Å². The number of hydrogen-bond donors (Lipinski definition) is 0. The minimum Gasteiger partial charge on any atom is -0.456 e. The van der Waals surface area contributed by atoms with Gasteiger partial charge in [0.25, 0.3) is 0 Å². The lowest BCUT2D eigenvalue weighted by Gasteiger charge is -2.10. The second kappa shape index (κ2) is 11.2. The Morgan fingerprint density at radius 2 is 0.936 bits per heavy atom. The predicted octanol–water partition coefficient (Wildman–Crippen LogP) is 11.3. The molecule has 2 heterocycles. The molecule has 9 rings (SSSR count). The largest absolute Gasteiger partial charge is 0.456 e. The van der Waals surface area contributed by atoms with Gasteiger partial charge in [0.15, 0.2) is 17.5 Å². The molecule has 0 unspecified atom stereocenters. The number of nitrogens with zero attached hydrogens (tertiary/aromatic N) is 3. The molecule has 0 aliphatic carbocycles. The summed E-state index contributed by atoms with van der Waals surface area (Å²) in [5.41, 5.74) is 8.89. The lowest BCUT2D eigenvalue weighted by molar-refractivity contribution is 0.669. The molecule has 9 aromatic rings. The van der Waals surface area contributed by atoms with Crippen molar-refractivity contribution in [3.05, 3.63) is 164 Å². The van der Waals surface area contributed by atoms with Crippen LogP contribution in [0.25, 0.3) is 89.1 Å². The first kappa shape index (κ1) is 27.0. The van der Waals surface area contributed by atoms with E-state index in [4.69, 9.17) is 19.4 Å². The maximum atomic E-state index is 6.49. The fourth-order valence-electron chi connectivity index (χ4n) is 6.37. The van der Waals surface area contributed by atoms with Crippen molar-refractivity contribution >= 4 is 32.7 Å². The van der Waals surface area contributed by atoms with Crippen LogP contribution in [-0.2, 0) is 0 Å². The van der Waals surface area contributed by atoms with E-state index in [0.717, 1.165) is 60.9 Å². The van der Waals surface area contributed by atoms with Crippen LogP contribution in [0, 0.1) is 0 Å². The zero-order valence-corrected chi connectivity index (χ0v) is 25.3. The van der Waals surface area contributed by atoms with E-state index in [2.05, 4.69) is 115 Å². The molecule has 4 nitrogen and oxygen atoms in total. The maximum Gasteiger partial charge on any atom is 0.164 e. The highest BCUT2D eigenvalue weighted by Crippen LogP contribution is 2.38. The van der Waals surface area contributed by atoms with Gasteiger partial charge in [0.2, 0.25) is 0 Å². The van der Waals surface area contributed by atoms with E-state index in [1.807, 2.05) is 48.5 Å². The van der Waals surface area contributed by atoms with Gasteiger partial charge in [-0.15, -0.1) is 0 Å². The zero-order valence-electron chi connectivity index (χ0n) is 25.3. The highest BCUT2D eigenvalue weighted by molar-refractivity contribution is 6.12. The number of hydrogen-bond acceptors (Lipinski definition) is 4. The van der Waals surface area contributed by atoms with Gasteiger partial charge in [0.05, 0.1) is 0 Å². The van der Waals surface area contributed by atoms with E-state index >= 15 is 0 Å². The minimum atomic E-state index is 0.603. The quantitative estimate of drug-likeness (QED) is 0.197. The summed E-state index contributed by atoms with van der Waals surface area (Å²) in [5, 5.41) is 4.45. The molecule has 0 aliphatic heterocycles. The Morgan fingerprint density at radius 1 is 0.340 bits per heavy atom. The third-order valence-electron chi connectivity index (χ3n) is 8.72. The summed E-state index contributed by atoms with van der Waals surface area (Å²) in [6.07, 6.45) is 0. The van der Waals surface area contributed by atoms with Crippen molar-refractivity contribution < 1.29 is 4.42 Å². The molecule has 0 amide bonds. The van der Waals surface area contributed by atoms with Gasteiger partial charge >= 0.3 is 0 Å². The van der Waals surface area contributed by atoms with Crippen LogP contribution in [0.2, 0.25) is 0 Å². The van der Waals surface area contributed by atoms with E-state index in [1.54, 1.807) is 0 Å². The first-order valence-electron chi connectivity index (χ1n) is 15.7. The molecule has 0 bridgehead atoms. The van der Waals surface area contributed by atoms with Crippen LogP contribution in [0.1, 0.15) is 0 Å². The smallest absolute Gasteiger partial charge is 0.164 e. The van der Waals surface area contributed by atoms with Gasteiger partial charge < -0.3 is 4.42 Å². The van der Waals surface area contributed by atoms with Crippen LogP contribution in [0.4, 0.5) is 0 Å². The van der Waals surface area contributed by atoms with E-state index in [0.29, 0.717) is 17.5 Å². The average Bonchev–Trinajstić information content (AvgIpc) is 3.53. The van der Waals surface area contributed by atoms with Gasteiger partial charge in [-0.05, 0) is 63.4 Å². The summed E-state index contributed by atoms with van der Waals surface area (Å²) >= 11 is 0. The third-order valence-corrected chi connectivity index (χ3v) is 8.72. The van der Waals surface area contributed by atoms with Crippen molar-refractivity contribution in [3.63, 3.8) is 0 Å². The fraction of sp³-hybridized carbons (Fsp3) is 0. The van der Waals surface area contributed by atoms with E-state index in [-0.39, 0.29) is 0 Å². The third kappa shape index (κ3) is 4.93. The predicted molar refractivity (Wildman–Crippen MR) is 192 cm³/mol. The Morgan fingerprint density at radius 3 is 1.77 bits per heavy atom. The van der Waals surface area contributed by atoms with Crippen molar-refractivity contribution in [1.29, 1.82) is 0 Å². The standard InChI is InChI=1S/C43H27N3O/c1-3-11-28(12-4-1)32-17-9-18-35(26-32)42-44-41(30-14-5-2-6-15-30)45-43(46-42)37-19-10-20-38-40(37)36-24-23-34(27-39(36)47-38)33-22-21-29-13-7-8-16-31(29)25-33/h1-27H. The van der Waals surface area contributed by atoms with Crippen LogP contribution in [0.5, 0.6) is 0 Å². The molecule has 0 radical (unpaired) electrons. The number of benzene rings is 7. The molecule has 0 spiro atoms. The monoisotopic (exact) mass is 601 g/mol. The molecule has 4 heteroatoms. The van der Waals surface area contributed by atoms with E-state index < -0.39 is 0 Å². The lowest BCUT2D eigenvalue weighted by atomic mass is 9.99. The topological polar surface area (TPSA) is 51.8 Å². The Balaban J connectivity index is 1.21. The maximum absolute atomic E-state index is 6.49. The normalized spacial score (nSPS) is 11.4. The lowest BCUT2D eigenvalue weighted by Crippen LogP contribution is -2.00. The van der Waals surface area contributed by atoms with Crippen LogP contribution in [0.3, 0.4) is 0 Å². The molecular formula is C43H27N3O. The molecule has 0 fully saturated rings. The second-order valence-corrected chi connectivity index (χ2v) is 11.7. The molecule has 2 aromatic heterocycles. The summed E-state index contributed by atoms with van der Waals surface area (Å²) in [6.45, 7) is 0. The Bertz CT molecular complexity index is 2570. The molecular weight excluding hydrogens is 574 g/mol. The fourth-order valence-corrected chi connectivity index (χ4v) is 6.37. The minimum absolute atomic E-state index is 0.603. The van der Waals surface area contributed by atoms with Crippen LogP contribution >= 0.6 is 0 Å². The molecule has 0 atom stereocenters. The Labute approximate surface area is 271 Å². The van der Waals surface area contributed by atoms with Gasteiger partial charge in [0.1, 0.15) is 11.2 Å². The van der Waals surface area contributed by atoms with Gasteiger partial charge in [0, 0.05) is 27.5 Å². The van der Waals surface area contributed by atoms with E-state index in [1.165, 1.54) is 10.8 Å². The summed E-state index contributed by atoms with van der Waals surface area (Å²) in [6, 6.07) is 56.4. The highest BCUT2D eigenvalue weighted by Gasteiger charge is 2.18. The van der Waals surface area contributed by atoms with Gasteiger partial charge in [-0.25, -0.2) is 15.0 Å². The molecule has 220 valence electrons. The summed E-state index contributed by atoms with van der Waals surface area (Å²) < 4.78 is 6.49. The Kier molecular flexibility index (Phi) is 6.43. The van der Waals surface area contributed by atoms with Gasteiger partial charge in [-0.3, -0.25) is 0 Å². The van der Waals surface area contributed by atoms with Crippen molar-refractivity contribution in [3.8, 4) is 56.4 Å². The van der Waals surface area contributed by atoms with Crippen molar-refractivity contribution in [2.75, 3.05) is 0 Å². The first-order chi connectivity index (χ1) is 23.3. The molecule has 47 heavy (non-hydrogen) atoms. The average molecular weight is 602 g/mol. The molecule has 0 aliphatic rings. The zero-order chi connectivity index (χ0) is 31.2. The summed E-state index contributed by atoms with van der Waals surface area (Å²) in [4.78, 5) is 15.1. The highest BCUT2D eigenvalue weighted by atomic mass is 16.3. The SMILES string of the molecule is c1ccc(-c2cccc(-c3nc(-c4ccccc4)nc(-c4cccc5oc6cc(-c7ccc8ccccc8c7)ccc6c45)n3)c2)cc1. The first-order valence-corrected chi connectivity index (χ1v) is 15.7. The van der Waals surface area contributed by atoms with Crippen LogP contribution in [-0.4, -0.2) is 15.0 Å². The molecule has 7 aromatic carbocycles. The van der Waals surface area contributed by atoms with Crippen molar-refractivity contribution in [1.82, 2.24) is 15.0 Å². The summed E-state index contributed by atoms with van der Waals surface area (Å²) in [5.74, 6) is 1.85. The number of rotatable bonds is 5. The molecule has 0 saturated carbocycles. The second-order valence-electron chi connectivity index (χ2n) is 11.7. The molecule has 0 saturated heterocycles. The van der Waals surface area contributed by atoms with Gasteiger partial charge in [-0.1, -0.05) is 133 Å². The Hall–Kier alpha value is -6.39. The summed E-state index contributed by atoms with van der Waals surface area (Å²) in [7, 11) is 0. The number of fused-ring (bicyclic) bond motifs is 4. The van der Waals surface area contributed by atoms with Crippen LogP contribution < -0.4 is 0 Å². The van der Waals surface area contributed by atoms with Crippen molar-refractivity contribution in [2.45, 2.75) is 0 Å². The van der Waals surface area contributed by atoms with Crippen LogP contribution in [0.15, 0.2) is 168 Å². The number of aromatic nitrogens is 3.